The standard InChI is InChI=1S/C38H76NO8P/c1-6-8-10-12-14-16-18-19-21-22-24-26-28-30-37(40)44-34-36(35-46-48(42,43)45-33-32-39(3,4)5)47-38(41)31-29-27-25-23-20-17-15-13-11-9-7-2/h36H,6-35H2,1-5H3/p+1/t36-/m1/s1. The lowest BCUT2D eigenvalue weighted by Gasteiger charge is -2.24. The van der Waals surface area contributed by atoms with Gasteiger partial charge in [0.1, 0.15) is 19.8 Å². The molecule has 0 heterocycles. The molecular formula is C38H77NO8P+. The molecule has 0 fully saturated rings. The van der Waals surface area contributed by atoms with Crippen LogP contribution >= 0.6 is 7.82 Å². The molecule has 0 amide bonds. The van der Waals surface area contributed by atoms with E-state index in [0.29, 0.717) is 23.9 Å². The second-order valence-corrected chi connectivity index (χ2v) is 16.1. The maximum absolute atomic E-state index is 12.6. The molecule has 48 heavy (non-hydrogen) atoms. The Morgan fingerprint density at radius 1 is 0.562 bits per heavy atom. The fourth-order valence-electron chi connectivity index (χ4n) is 5.48. The van der Waals surface area contributed by atoms with Crippen molar-refractivity contribution in [2.45, 2.75) is 187 Å². The van der Waals surface area contributed by atoms with Crippen molar-refractivity contribution in [3.05, 3.63) is 0 Å². The zero-order valence-electron chi connectivity index (χ0n) is 32.0. The molecule has 2 atom stereocenters. The third-order valence-electron chi connectivity index (χ3n) is 8.64. The van der Waals surface area contributed by atoms with Gasteiger partial charge in [-0.2, -0.15) is 0 Å². The molecule has 1 unspecified atom stereocenters. The van der Waals surface area contributed by atoms with E-state index in [0.717, 1.165) is 32.1 Å². The summed E-state index contributed by atoms with van der Waals surface area (Å²) in [5.41, 5.74) is 0. The van der Waals surface area contributed by atoms with Crippen molar-refractivity contribution in [3.63, 3.8) is 0 Å². The minimum atomic E-state index is -4.36. The maximum atomic E-state index is 12.6. The molecule has 10 heteroatoms. The Morgan fingerprint density at radius 3 is 1.33 bits per heavy atom. The first kappa shape index (κ1) is 47.0. The van der Waals surface area contributed by atoms with E-state index < -0.39 is 26.5 Å². The number of rotatable bonds is 36. The first-order valence-corrected chi connectivity index (χ1v) is 21.3. The molecule has 0 radical (unpaired) electrons. The van der Waals surface area contributed by atoms with E-state index in [9.17, 15) is 19.0 Å². The van der Waals surface area contributed by atoms with Crippen LogP contribution in [-0.4, -0.2) is 74.9 Å². The Kier molecular flexibility index (Phi) is 31.3. The Morgan fingerprint density at radius 2 is 0.938 bits per heavy atom. The Labute approximate surface area is 295 Å². The van der Waals surface area contributed by atoms with Gasteiger partial charge in [0.15, 0.2) is 6.10 Å². The quantitative estimate of drug-likeness (QED) is 0.0297. The lowest BCUT2D eigenvalue weighted by Crippen LogP contribution is -2.37. The van der Waals surface area contributed by atoms with E-state index >= 15 is 0 Å². The van der Waals surface area contributed by atoms with Gasteiger partial charge in [-0.3, -0.25) is 18.6 Å². The number of ether oxygens (including phenoxy) is 2. The molecular weight excluding hydrogens is 629 g/mol. The van der Waals surface area contributed by atoms with Gasteiger partial charge in [0.25, 0.3) is 0 Å². The van der Waals surface area contributed by atoms with E-state index in [-0.39, 0.29) is 25.6 Å². The summed E-state index contributed by atoms with van der Waals surface area (Å²) in [4.78, 5) is 35.1. The van der Waals surface area contributed by atoms with Crippen LogP contribution in [-0.2, 0) is 32.7 Å². The molecule has 1 N–H and O–H groups in total. The first-order chi connectivity index (χ1) is 23.0. The number of hydrogen-bond acceptors (Lipinski definition) is 7. The van der Waals surface area contributed by atoms with E-state index in [4.69, 9.17) is 18.5 Å². The van der Waals surface area contributed by atoms with Crippen LogP contribution in [0, 0.1) is 0 Å². The number of phosphoric acid groups is 1. The molecule has 0 aliphatic rings. The number of likely N-dealkylation sites (N-methyl/N-ethyl adjacent to an activating group) is 1. The third kappa shape index (κ3) is 34.9. The zero-order chi connectivity index (χ0) is 35.8. The highest BCUT2D eigenvalue weighted by atomic mass is 31.2. The van der Waals surface area contributed by atoms with Gasteiger partial charge < -0.3 is 18.9 Å². The summed E-state index contributed by atoms with van der Waals surface area (Å²) < 4.78 is 34.2. The minimum absolute atomic E-state index is 0.0364. The van der Waals surface area contributed by atoms with Gasteiger partial charge in [0, 0.05) is 12.8 Å². The van der Waals surface area contributed by atoms with Crippen molar-refractivity contribution < 1.29 is 42.1 Å². The van der Waals surface area contributed by atoms with Crippen molar-refractivity contribution in [1.82, 2.24) is 0 Å². The number of quaternary nitrogens is 1. The predicted octanol–water partition coefficient (Wildman–Crippen LogP) is 10.5. The molecule has 0 rings (SSSR count). The van der Waals surface area contributed by atoms with E-state index in [1.165, 1.54) is 116 Å². The van der Waals surface area contributed by atoms with Gasteiger partial charge in [0.2, 0.25) is 0 Å². The Hall–Kier alpha value is -0.990. The van der Waals surface area contributed by atoms with Crippen molar-refractivity contribution in [2.24, 2.45) is 0 Å². The monoisotopic (exact) mass is 707 g/mol. The molecule has 9 nitrogen and oxygen atoms in total. The summed E-state index contributed by atoms with van der Waals surface area (Å²) in [6, 6.07) is 0. The number of nitrogens with zero attached hydrogens (tertiary/aromatic N) is 1. The molecule has 0 aromatic rings. The zero-order valence-corrected chi connectivity index (χ0v) is 32.9. The van der Waals surface area contributed by atoms with Gasteiger partial charge in [-0.25, -0.2) is 4.57 Å². The number of carbonyl (C=O) groups excluding carboxylic acids is 2. The van der Waals surface area contributed by atoms with E-state index in [2.05, 4.69) is 13.8 Å². The summed E-state index contributed by atoms with van der Waals surface area (Å²) in [6.45, 7) is 4.42. The number of carbonyl (C=O) groups is 2. The van der Waals surface area contributed by atoms with Gasteiger partial charge in [-0.05, 0) is 12.8 Å². The molecule has 0 aliphatic heterocycles. The molecule has 0 spiro atoms. The average molecular weight is 707 g/mol. The Bertz CT molecular complexity index is 804. The van der Waals surface area contributed by atoms with Crippen molar-refractivity contribution in [3.8, 4) is 0 Å². The molecule has 0 aromatic heterocycles. The van der Waals surface area contributed by atoms with Crippen LogP contribution in [0.25, 0.3) is 0 Å². The van der Waals surface area contributed by atoms with Crippen LogP contribution in [0.1, 0.15) is 181 Å². The number of phosphoric ester groups is 1. The fourth-order valence-corrected chi connectivity index (χ4v) is 6.23. The smallest absolute Gasteiger partial charge is 0.462 e. The summed E-state index contributed by atoms with van der Waals surface area (Å²) in [5.74, 6) is -0.790. The predicted molar refractivity (Wildman–Crippen MR) is 197 cm³/mol. The van der Waals surface area contributed by atoms with Crippen molar-refractivity contribution in [2.75, 3.05) is 47.5 Å². The highest BCUT2D eigenvalue weighted by Crippen LogP contribution is 2.43. The SMILES string of the molecule is CCCCCCCCCCCCCCCC(=O)OC[C@H](COP(=O)(O)OCC[N+](C)(C)C)OC(=O)CCCCCCCCCCCCC. The van der Waals surface area contributed by atoms with Gasteiger partial charge >= 0.3 is 19.8 Å². The minimum Gasteiger partial charge on any atom is -0.462 e. The highest BCUT2D eigenvalue weighted by molar-refractivity contribution is 7.47. The highest BCUT2D eigenvalue weighted by Gasteiger charge is 2.27. The topological polar surface area (TPSA) is 108 Å². The summed E-state index contributed by atoms with van der Waals surface area (Å²) in [6.07, 6.45) is 28.6. The van der Waals surface area contributed by atoms with Crippen LogP contribution in [0.4, 0.5) is 0 Å². The maximum Gasteiger partial charge on any atom is 0.472 e. The normalized spacial score (nSPS) is 13.7. The van der Waals surface area contributed by atoms with Crippen molar-refractivity contribution in [1.29, 1.82) is 0 Å². The largest absolute Gasteiger partial charge is 0.472 e. The average Bonchev–Trinajstić information content (AvgIpc) is 3.02. The van der Waals surface area contributed by atoms with Crippen LogP contribution in [0.5, 0.6) is 0 Å². The van der Waals surface area contributed by atoms with Crippen LogP contribution in [0.3, 0.4) is 0 Å². The molecule has 0 bridgehead atoms. The second kappa shape index (κ2) is 32.0. The molecule has 0 saturated heterocycles. The van der Waals surface area contributed by atoms with E-state index in [1.807, 2.05) is 21.1 Å². The molecule has 286 valence electrons. The van der Waals surface area contributed by atoms with Gasteiger partial charge in [-0.15, -0.1) is 0 Å². The third-order valence-corrected chi connectivity index (χ3v) is 9.62. The second-order valence-electron chi connectivity index (χ2n) is 14.7. The van der Waals surface area contributed by atoms with Gasteiger partial charge in [0.05, 0.1) is 27.7 Å². The summed E-state index contributed by atoms with van der Waals surface area (Å²) in [5, 5.41) is 0. The molecule has 0 aromatic carbocycles. The number of unbranched alkanes of at least 4 members (excludes halogenated alkanes) is 22. The Balaban J connectivity index is 4.39. The lowest BCUT2D eigenvalue weighted by molar-refractivity contribution is -0.870. The summed E-state index contributed by atoms with van der Waals surface area (Å²) >= 11 is 0. The molecule has 0 saturated carbocycles. The van der Waals surface area contributed by atoms with Crippen LogP contribution in [0.15, 0.2) is 0 Å². The first-order valence-electron chi connectivity index (χ1n) is 19.8. The van der Waals surface area contributed by atoms with E-state index in [1.54, 1.807) is 0 Å². The number of esters is 2. The number of hydrogen-bond donors (Lipinski definition) is 1. The van der Waals surface area contributed by atoms with Gasteiger partial charge in [-0.1, -0.05) is 155 Å². The molecule has 0 aliphatic carbocycles. The lowest BCUT2D eigenvalue weighted by atomic mass is 10.0. The van der Waals surface area contributed by atoms with Crippen molar-refractivity contribution >= 4 is 19.8 Å². The summed E-state index contributed by atoms with van der Waals surface area (Å²) in [7, 11) is 1.49. The fraction of sp³-hybridized carbons (Fsp3) is 0.947. The van der Waals surface area contributed by atoms with Crippen LogP contribution in [0.2, 0.25) is 0 Å². The van der Waals surface area contributed by atoms with Crippen LogP contribution < -0.4 is 0 Å².